The molecular formula is C19H22N5O3P. The number of nitrogens with two attached hydrogens (primary N) is 1. The summed E-state index contributed by atoms with van der Waals surface area (Å²) in [5, 5.41) is 5.29. The van der Waals surface area contributed by atoms with Crippen LogP contribution in [0.1, 0.15) is 5.56 Å². The predicted molar refractivity (Wildman–Crippen MR) is 107 cm³/mol. The van der Waals surface area contributed by atoms with Gasteiger partial charge in [-0.25, -0.2) is 9.34 Å². The summed E-state index contributed by atoms with van der Waals surface area (Å²) in [5.41, 5.74) is 8.49. The van der Waals surface area contributed by atoms with Crippen molar-refractivity contribution in [2.45, 2.75) is 6.61 Å². The third-order valence-electron chi connectivity index (χ3n) is 4.99. The Morgan fingerprint density at radius 1 is 1.11 bits per heavy atom. The molecule has 1 aromatic heterocycles. The van der Waals surface area contributed by atoms with E-state index in [1.54, 1.807) is 10.7 Å². The van der Waals surface area contributed by atoms with Crippen molar-refractivity contribution in [3.8, 4) is 11.5 Å². The standard InChI is InChI=1S/C19H22N5O3P/c1-22-18-11-16(4-3-15(18)12-21-22)27-19-10-14(2-5-17(19)20)13-26-28(25,23-6-7-23)24-8-9-24/h2-5,10-12H,6-9,13,20H2,1H3. The molecule has 9 heteroatoms. The Morgan fingerprint density at radius 2 is 1.86 bits per heavy atom. The van der Waals surface area contributed by atoms with E-state index in [2.05, 4.69) is 5.10 Å². The number of aromatic nitrogens is 2. The van der Waals surface area contributed by atoms with Gasteiger partial charge in [-0.15, -0.1) is 0 Å². The summed E-state index contributed by atoms with van der Waals surface area (Å²) in [6.07, 6.45) is 1.81. The summed E-state index contributed by atoms with van der Waals surface area (Å²) in [5.74, 6) is 1.23. The number of fused-ring (bicyclic) bond motifs is 1. The van der Waals surface area contributed by atoms with Crippen molar-refractivity contribution in [1.82, 2.24) is 19.1 Å². The SMILES string of the molecule is Cn1ncc2ccc(Oc3cc(COP(=O)(N4CC4)N4CC4)ccc3N)cc21. The Balaban J connectivity index is 1.35. The Bertz CT molecular complexity index is 1070. The van der Waals surface area contributed by atoms with Crippen molar-refractivity contribution in [2.75, 3.05) is 31.9 Å². The molecule has 146 valence electrons. The molecule has 0 bridgehead atoms. The van der Waals surface area contributed by atoms with E-state index < -0.39 is 7.67 Å². The number of rotatable bonds is 7. The van der Waals surface area contributed by atoms with Gasteiger partial charge in [-0.3, -0.25) is 9.25 Å². The molecule has 0 atom stereocenters. The summed E-state index contributed by atoms with van der Waals surface area (Å²) in [6, 6.07) is 11.3. The van der Waals surface area contributed by atoms with Crippen LogP contribution in [0.25, 0.3) is 10.9 Å². The van der Waals surface area contributed by atoms with Crippen LogP contribution < -0.4 is 10.5 Å². The maximum Gasteiger partial charge on any atom is 0.346 e. The number of hydrogen-bond donors (Lipinski definition) is 1. The van der Waals surface area contributed by atoms with Crippen molar-refractivity contribution in [3.05, 3.63) is 48.2 Å². The average molecular weight is 399 g/mol. The first-order valence-corrected chi connectivity index (χ1v) is 10.8. The van der Waals surface area contributed by atoms with Crippen LogP contribution in [0.2, 0.25) is 0 Å². The van der Waals surface area contributed by atoms with Gasteiger partial charge in [-0.1, -0.05) is 6.07 Å². The van der Waals surface area contributed by atoms with E-state index in [1.807, 2.05) is 52.9 Å². The highest BCUT2D eigenvalue weighted by molar-refractivity contribution is 7.54. The van der Waals surface area contributed by atoms with Crippen LogP contribution in [0.15, 0.2) is 42.6 Å². The molecular weight excluding hydrogens is 377 g/mol. The Labute approximate surface area is 163 Å². The van der Waals surface area contributed by atoms with Gasteiger partial charge in [0.2, 0.25) is 0 Å². The molecule has 0 radical (unpaired) electrons. The highest BCUT2D eigenvalue weighted by Crippen LogP contribution is 2.61. The lowest BCUT2D eigenvalue weighted by Gasteiger charge is -2.20. The van der Waals surface area contributed by atoms with Crippen LogP contribution >= 0.6 is 7.67 Å². The summed E-state index contributed by atoms with van der Waals surface area (Å²) >= 11 is 0. The highest BCUT2D eigenvalue weighted by Gasteiger charge is 2.49. The quantitative estimate of drug-likeness (QED) is 0.371. The fourth-order valence-corrected chi connectivity index (χ4v) is 5.36. The Kier molecular flexibility index (Phi) is 4.17. The number of nitrogens with zero attached hydrogens (tertiary/aromatic N) is 4. The summed E-state index contributed by atoms with van der Waals surface area (Å²) < 4.78 is 30.5. The molecule has 28 heavy (non-hydrogen) atoms. The molecule has 2 aliphatic heterocycles. The van der Waals surface area contributed by atoms with E-state index in [9.17, 15) is 4.57 Å². The van der Waals surface area contributed by atoms with Crippen molar-refractivity contribution in [1.29, 1.82) is 0 Å². The number of benzene rings is 2. The van der Waals surface area contributed by atoms with Crippen LogP contribution in [-0.4, -0.2) is 45.3 Å². The highest BCUT2D eigenvalue weighted by atomic mass is 31.2. The molecule has 0 spiro atoms. The van der Waals surface area contributed by atoms with Crippen molar-refractivity contribution in [2.24, 2.45) is 7.05 Å². The van der Waals surface area contributed by atoms with Gasteiger partial charge in [0.1, 0.15) is 5.75 Å². The normalized spacial score (nSPS) is 17.2. The monoisotopic (exact) mass is 399 g/mol. The molecule has 0 saturated carbocycles. The molecule has 3 aromatic rings. The lowest BCUT2D eigenvalue weighted by Crippen LogP contribution is -2.08. The molecule has 2 aliphatic rings. The number of anilines is 1. The topological polar surface area (TPSA) is 85.4 Å². The van der Waals surface area contributed by atoms with E-state index in [1.165, 1.54) is 0 Å². The number of hydrogen-bond acceptors (Lipinski definition) is 5. The molecule has 0 unspecified atom stereocenters. The van der Waals surface area contributed by atoms with E-state index in [0.717, 1.165) is 42.6 Å². The van der Waals surface area contributed by atoms with Gasteiger partial charge < -0.3 is 15.0 Å². The molecule has 0 amide bonds. The fraction of sp³-hybridized carbons (Fsp3) is 0.316. The first-order valence-electron chi connectivity index (χ1n) is 9.26. The van der Waals surface area contributed by atoms with E-state index in [0.29, 0.717) is 17.2 Å². The lowest BCUT2D eigenvalue weighted by molar-refractivity contribution is 0.263. The third-order valence-corrected chi connectivity index (χ3v) is 7.68. The predicted octanol–water partition coefficient (Wildman–Crippen LogP) is 3.20. The number of ether oxygens (including phenoxy) is 1. The first-order chi connectivity index (χ1) is 13.5. The molecule has 3 heterocycles. The van der Waals surface area contributed by atoms with Crippen molar-refractivity contribution < 1.29 is 13.8 Å². The van der Waals surface area contributed by atoms with Gasteiger partial charge in [-0.2, -0.15) is 5.10 Å². The fourth-order valence-electron chi connectivity index (χ4n) is 3.17. The minimum absolute atomic E-state index is 0.252. The van der Waals surface area contributed by atoms with Gasteiger partial charge in [-0.05, 0) is 29.8 Å². The van der Waals surface area contributed by atoms with E-state index >= 15 is 0 Å². The molecule has 8 nitrogen and oxygen atoms in total. The zero-order valence-electron chi connectivity index (χ0n) is 15.6. The largest absolute Gasteiger partial charge is 0.455 e. The van der Waals surface area contributed by atoms with Crippen LogP contribution in [0, 0.1) is 0 Å². The van der Waals surface area contributed by atoms with E-state index in [-0.39, 0.29) is 6.61 Å². The zero-order valence-corrected chi connectivity index (χ0v) is 16.5. The molecule has 2 aromatic carbocycles. The van der Waals surface area contributed by atoms with Crippen LogP contribution in [0.4, 0.5) is 5.69 Å². The average Bonchev–Trinajstić information content (AvgIpc) is 3.60. The second-order valence-corrected chi connectivity index (χ2v) is 9.51. The van der Waals surface area contributed by atoms with Crippen LogP contribution in [0.5, 0.6) is 11.5 Å². The minimum Gasteiger partial charge on any atom is -0.455 e. The number of nitrogen functional groups attached to an aromatic ring is 1. The van der Waals surface area contributed by atoms with Crippen molar-refractivity contribution in [3.63, 3.8) is 0 Å². The van der Waals surface area contributed by atoms with Gasteiger partial charge in [0, 0.05) is 44.7 Å². The molecule has 5 rings (SSSR count). The summed E-state index contributed by atoms with van der Waals surface area (Å²) in [6.45, 7) is 3.59. The maximum atomic E-state index is 13.1. The summed E-state index contributed by atoms with van der Waals surface area (Å²) in [4.78, 5) is 0. The Morgan fingerprint density at radius 3 is 2.57 bits per heavy atom. The van der Waals surface area contributed by atoms with Crippen molar-refractivity contribution >= 4 is 24.3 Å². The van der Waals surface area contributed by atoms with Gasteiger partial charge in [0.25, 0.3) is 0 Å². The third kappa shape index (κ3) is 3.29. The maximum absolute atomic E-state index is 13.1. The van der Waals surface area contributed by atoms with Crippen LogP contribution in [-0.2, 0) is 22.7 Å². The summed E-state index contributed by atoms with van der Waals surface area (Å²) in [7, 11) is -0.950. The first kappa shape index (κ1) is 17.7. The van der Waals surface area contributed by atoms with Gasteiger partial charge >= 0.3 is 7.67 Å². The molecule has 2 fully saturated rings. The minimum atomic E-state index is -2.84. The smallest absolute Gasteiger partial charge is 0.346 e. The number of aryl methyl sites for hydroxylation is 1. The molecule has 2 saturated heterocycles. The van der Waals surface area contributed by atoms with E-state index in [4.69, 9.17) is 15.0 Å². The lowest BCUT2D eigenvalue weighted by atomic mass is 10.2. The van der Waals surface area contributed by atoms with Gasteiger partial charge in [0.05, 0.1) is 24.0 Å². The second kappa shape index (κ2) is 6.60. The van der Waals surface area contributed by atoms with Crippen LogP contribution in [0.3, 0.4) is 0 Å². The Hall–Kier alpha value is -2.38. The molecule has 2 N–H and O–H groups in total. The molecule has 0 aliphatic carbocycles. The zero-order chi connectivity index (χ0) is 19.3. The second-order valence-electron chi connectivity index (χ2n) is 7.13. The van der Waals surface area contributed by atoms with Gasteiger partial charge in [0.15, 0.2) is 5.75 Å².